The van der Waals surface area contributed by atoms with Crippen LogP contribution < -0.4 is 0 Å². The Hall–Kier alpha value is -5.28. The first-order valence-corrected chi connectivity index (χ1v) is 14.0. The molecule has 0 atom stereocenters. The number of rotatable bonds is 4. The van der Waals surface area contributed by atoms with Gasteiger partial charge in [-0.1, -0.05) is 92.0 Å². The molecule has 3 heterocycles. The summed E-state index contributed by atoms with van der Waals surface area (Å²) in [6.45, 7) is 8.65. The van der Waals surface area contributed by atoms with Gasteiger partial charge in [-0.2, -0.15) is 0 Å². The first kappa shape index (κ1) is 23.6. The van der Waals surface area contributed by atoms with Gasteiger partial charge in [0.15, 0.2) is 0 Å². The van der Waals surface area contributed by atoms with Crippen LogP contribution in [0.4, 0.5) is 0 Å². The standard InChI is InChI=1S/C38H27N3/c1-3-25(21-24(2)28-15-14-26-9-4-5-10-29(26)22-28)30-17-18-31-32-19-16-27-11-8-20-39-37(27)36(32)38-40-33-12-6-7-13-34(33)41(38)35(31)23-30/h3-13,16-23H,1-2,14-15H2/b25-21+. The third-order valence-corrected chi connectivity index (χ3v) is 8.43. The number of allylic oxidation sites excluding steroid dienone is 5. The summed E-state index contributed by atoms with van der Waals surface area (Å²) in [5.74, 6) is 0. The van der Waals surface area contributed by atoms with Crippen molar-refractivity contribution >= 4 is 60.9 Å². The normalized spacial score (nSPS) is 13.7. The lowest BCUT2D eigenvalue weighted by molar-refractivity contribution is 0.942. The molecule has 7 aromatic rings. The Morgan fingerprint density at radius 2 is 1.68 bits per heavy atom. The van der Waals surface area contributed by atoms with E-state index in [0.29, 0.717) is 0 Å². The van der Waals surface area contributed by atoms with E-state index in [1.807, 2.05) is 24.4 Å². The minimum absolute atomic E-state index is 0.926. The van der Waals surface area contributed by atoms with Crippen molar-refractivity contribution in [2.75, 3.05) is 0 Å². The smallest absolute Gasteiger partial charge is 0.148 e. The lowest BCUT2D eigenvalue weighted by Gasteiger charge is -2.17. The van der Waals surface area contributed by atoms with Gasteiger partial charge in [-0.05, 0) is 82.0 Å². The van der Waals surface area contributed by atoms with Crippen LogP contribution in [-0.4, -0.2) is 14.4 Å². The van der Waals surface area contributed by atoms with Crippen molar-refractivity contribution in [2.45, 2.75) is 12.8 Å². The van der Waals surface area contributed by atoms with Gasteiger partial charge in [-0.3, -0.25) is 9.38 Å². The predicted molar refractivity (Wildman–Crippen MR) is 173 cm³/mol. The molecule has 0 radical (unpaired) electrons. The van der Waals surface area contributed by atoms with E-state index in [9.17, 15) is 0 Å². The van der Waals surface area contributed by atoms with E-state index < -0.39 is 0 Å². The maximum atomic E-state index is 5.13. The molecule has 0 aliphatic heterocycles. The molecule has 0 saturated carbocycles. The third kappa shape index (κ3) is 3.66. The molecule has 4 aromatic carbocycles. The van der Waals surface area contributed by atoms with Gasteiger partial charge in [0, 0.05) is 17.0 Å². The molecule has 3 nitrogen and oxygen atoms in total. The van der Waals surface area contributed by atoms with E-state index in [4.69, 9.17) is 9.97 Å². The summed E-state index contributed by atoms with van der Waals surface area (Å²) in [6, 6.07) is 32.1. The number of fused-ring (bicyclic) bond motifs is 11. The number of hydrogen-bond acceptors (Lipinski definition) is 2. The van der Waals surface area contributed by atoms with Crippen molar-refractivity contribution in [3.8, 4) is 0 Å². The molecule has 1 aliphatic carbocycles. The van der Waals surface area contributed by atoms with E-state index in [-0.39, 0.29) is 0 Å². The second-order valence-corrected chi connectivity index (χ2v) is 10.8. The monoisotopic (exact) mass is 525 g/mol. The fourth-order valence-corrected chi connectivity index (χ4v) is 6.38. The Labute approximate surface area is 238 Å². The Morgan fingerprint density at radius 3 is 2.61 bits per heavy atom. The van der Waals surface area contributed by atoms with Gasteiger partial charge < -0.3 is 0 Å². The molecule has 0 unspecified atom stereocenters. The highest BCUT2D eigenvalue weighted by Gasteiger charge is 2.17. The molecule has 0 N–H and O–H groups in total. The number of para-hydroxylation sites is 2. The van der Waals surface area contributed by atoms with Crippen LogP contribution in [0.15, 0.2) is 134 Å². The van der Waals surface area contributed by atoms with Crippen molar-refractivity contribution in [2.24, 2.45) is 0 Å². The highest BCUT2D eigenvalue weighted by molar-refractivity contribution is 6.22. The zero-order chi connectivity index (χ0) is 27.5. The van der Waals surface area contributed by atoms with E-state index in [0.717, 1.165) is 73.4 Å². The summed E-state index contributed by atoms with van der Waals surface area (Å²) >= 11 is 0. The average molecular weight is 526 g/mol. The lowest BCUT2D eigenvalue weighted by Crippen LogP contribution is -2.00. The first-order chi connectivity index (χ1) is 20.2. The number of benzene rings is 4. The summed E-state index contributed by atoms with van der Waals surface area (Å²) in [5, 5.41) is 4.51. The van der Waals surface area contributed by atoms with Crippen LogP contribution in [0.2, 0.25) is 0 Å². The van der Waals surface area contributed by atoms with Gasteiger partial charge >= 0.3 is 0 Å². The van der Waals surface area contributed by atoms with Crippen LogP contribution >= 0.6 is 0 Å². The van der Waals surface area contributed by atoms with Crippen molar-refractivity contribution in [1.82, 2.24) is 14.4 Å². The Morgan fingerprint density at radius 1 is 0.829 bits per heavy atom. The summed E-state index contributed by atoms with van der Waals surface area (Å²) in [5.41, 5.74) is 12.2. The molecule has 3 heteroatoms. The second-order valence-electron chi connectivity index (χ2n) is 10.8. The highest BCUT2D eigenvalue weighted by atomic mass is 15.0. The number of nitrogens with zero attached hydrogens (tertiary/aromatic N) is 3. The van der Waals surface area contributed by atoms with Gasteiger partial charge in [0.2, 0.25) is 0 Å². The summed E-state index contributed by atoms with van der Waals surface area (Å²) in [7, 11) is 0. The van der Waals surface area contributed by atoms with Crippen LogP contribution in [0.5, 0.6) is 0 Å². The quantitative estimate of drug-likeness (QED) is 0.169. The van der Waals surface area contributed by atoms with E-state index in [1.54, 1.807) is 0 Å². The number of hydrogen-bond donors (Lipinski definition) is 0. The van der Waals surface area contributed by atoms with Gasteiger partial charge in [0.05, 0.1) is 27.5 Å². The summed E-state index contributed by atoms with van der Waals surface area (Å²) in [4.78, 5) is 9.93. The van der Waals surface area contributed by atoms with Gasteiger partial charge in [0.25, 0.3) is 0 Å². The lowest BCUT2D eigenvalue weighted by atomic mass is 9.88. The summed E-state index contributed by atoms with van der Waals surface area (Å²) in [6.07, 6.45) is 10.3. The molecule has 0 spiro atoms. The third-order valence-electron chi connectivity index (χ3n) is 8.43. The molecular formula is C38H27N3. The number of pyridine rings is 2. The largest absolute Gasteiger partial charge is 0.292 e. The maximum absolute atomic E-state index is 5.13. The number of imidazole rings is 1. The molecule has 0 amide bonds. The van der Waals surface area contributed by atoms with Crippen LogP contribution in [-0.2, 0) is 6.42 Å². The fourth-order valence-electron chi connectivity index (χ4n) is 6.38. The van der Waals surface area contributed by atoms with Crippen LogP contribution in [0, 0.1) is 0 Å². The minimum Gasteiger partial charge on any atom is -0.292 e. The Kier molecular flexibility index (Phi) is 5.26. The molecule has 0 fully saturated rings. The molecule has 0 bridgehead atoms. The van der Waals surface area contributed by atoms with Crippen LogP contribution in [0.3, 0.4) is 0 Å². The zero-order valence-corrected chi connectivity index (χ0v) is 22.6. The fraction of sp³-hybridized carbons (Fsp3) is 0.0526. The van der Waals surface area contributed by atoms with Crippen molar-refractivity contribution in [3.63, 3.8) is 0 Å². The Balaban J connectivity index is 1.36. The zero-order valence-electron chi connectivity index (χ0n) is 22.6. The SMILES string of the molecule is C=C/C(=C\C(=C)C1=Cc2ccccc2CC1)c1ccc2c3ccc4cccnc4c3c3nc4ccccc4n3c2c1. The molecular weight excluding hydrogens is 498 g/mol. The number of aryl methyl sites for hydroxylation is 1. The maximum Gasteiger partial charge on any atom is 0.148 e. The van der Waals surface area contributed by atoms with Crippen molar-refractivity contribution < 1.29 is 0 Å². The molecule has 41 heavy (non-hydrogen) atoms. The van der Waals surface area contributed by atoms with Gasteiger partial charge in [-0.25, -0.2) is 4.98 Å². The average Bonchev–Trinajstić information content (AvgIpc) is 3.42. The molecule has 0 saturated heterocycles. The Bertz CT molecular complexity index is 2290. The van der Waals surface area contributed by atoms with Crippen molar-refractivity contribution in [1.29, 1.82) is 0 Å². The minimum atomic E-state index is 0.926. The second kappa shape index (κ2) is 9.14. The molecule has 1 aliphatic rings. The van der Waals surface area contributed by atoms with E-state index in [2.05, 4.69) is 109 Å². The topological polar surface area (TPSA) is 30.2 Å². The van der Waals surface area contributed by atoms with Crippen molar-refractivity contribution in [3.05, 3.63) is 150 Å². The predicted octanol–water partition coefficient (Wildman–Crippen LogP) is 9.50. The van der Waals surface area contributed by atoms with E-state index in [1.165, 1.54) is 22.1 Å². The molecule has 8 rings (SSSR count). The van der Waals surface area contributed by atoms with Gasteiger partial charge in [0.1, 0.15) is 5.65 Å². The molecule has 3 aromatic heterocycles. The number of aromatic nitrogens is 3. The van der Waals surface area contributed by atoms with E-state index >= 15 is 0 Å². The summed E-state index contributed by atoms with van der Waals surface area (Å²) < 4.78 is 2.29. The van der Waals surface area contributed by atoms with Crippen LogP contribution in [0.25, 0.3) is 60.9 Å². The first-order valence-electron chi connectivity index (χ1n) is 14.0. The molecule has 194 valence electrons. The highest BCUT2D eigenvalue weighted by Crippen LogP contribution is 2.37. The van der Waals surface area contributed by atoms with Crippen LogP contribution in [0.1, 0.15) is 23.1 Å². The van der Waals surface area contributed by atoms with Gasteiger partial charge in [-0.15, -0.1) is 0 Å².